The molecule has 172 valence electrons. The van der Waals surface area contributed by atoms with Crippen LogP contribution in [0.15, 0.2) is 58.1 Å². The van der Waals surface area contributed by atoms with Crippen molar-refractivity contribution in [3.05, 3.63) is 58.1 Å². The van der Waals surface area contributed by atoms with Crippen molar-refractivity contribution in [2.24, 2.45) is 17.8 Å². The van der Waals surface area contributed by atoms with Crippen LogP contribution in [0, 0.1) is 17.8 Å². The lowest BCUT2D eigenvalue weighted by Gasteiger charge is -2.38. The summed E-state index contributed by atoms with van der Waals surface area (Å²) < 4.78 is 17.1. The third-order valence-electron chi connectivity index (χ3n) is 6.80. The van der Waals surface area contributed by atoms with Gasteiger partial charge in [-0.25, -0.2) is 0 Å². The number of cyclic esters (lactones) is 1. The van der Waals surface area contributed by atoms with Gasteiger partial charge < -0.3 is 19.3 Å². The molecule has 1 N–H and O–H groups in total. The number of esters is 1. The molecular formula is C25H29ClO6. The lowest BCUT2D eigenvalue weighted by atomic mass is 9.66. The lowest BCUT2D eigenvalue weighted by Crippen LogP contribution is -2.50. The second-order valence-electron chi connectivity index (χ2n) is 9.38. The zero-order chi connectivity index (χ0) is 23.4. The predicted octanol–water partition coefficient (Wildman–Crippen LogP) is 4.45. The summed E-state index contributed by atoms with van der Waals surface area (Å²) in [5, 5.41) is 11.2. The molecule has 3 heterocycles. The highest BCUT2D eigenvalue weighted by molar-refractivity contribution is 6.45. The van der Waals surface area contributed by atoms with Crippen molar-refractivity contribution < 1.29 is 28.9 Å². The molecule has 0 aromatic heterocycles. The van der Waals surface area contributed by atoms with Gasteiger partial charge >= 0.3 is 5.97 Å². The van der Waals surface area contributed by atoms with Crippen LogP contribution in [0.3, 0.4) is 0 Å². The van der Waals surface area contributed by atoms with Crippen LogP contribution in [0.2, 0.25) is 0 Å². The van der Waals surface area contributed by atoms with E-state index in [1.165, 1.54) is 6.26 Å². The molecule has 4 rings (SSSR count). The molecule has 3 aliphatic heterocycles. The lowest BCUT2D eigenvalue weighted by molar-refractivity contribution is -0.260. The van der Waals surface area contributed by atoms with E-state index in [1.807, 2.05) is 19.1 Å². The first-order chi connectivity index (χ1) is 15.0. The van der Waals surface area contributed by atoms with Crippen molar-refractivity contribution in [2.45, 2.75) is 65.0 Å². The van der Waals surface area contributed by atoms with E-state index in [-0.39, 0.29) is 11.5 Å². The highest BCUT2D eigenvalue weighted by Crippen LogP contribution is 2.58. The summed E-state index contributed by atoms with van der Waals surface area (Å²) in [6.45, 7) is 9.55. The van der Waals surface area contributed by atoms with E-state index >= 15 is 0 Å². The smallest absolute Gasteiger partial charge is 0.315 e. The molecule has 2 saturated heterocycles. The molecule has 4 aliphatic rings. The zero-order valence-electron chi connectivity index (χ0n) is 19.0. The molecule has 0 saturated carbocycles. The Kier molecular flexibility index (Phi) is 5.76. The van der Waals surface area contributed by atoms with Gasteiger partial charge in [0.1, 0.15) is 23.4 Å². The summed E-state index contributed by atoms with van der Waals surface area (Å²) in [5.74, 6) is -3.69. The van der Waals surface area contributed by atoms with Crippen LogP contribution in [0.25, 0.3) is 0 Å². The molecule has 0 amide bonds. The molecule has 0 unspecified atom stereocenters. The van der Waals surface area contributed by atoms with E-state index in [0.29, 0.717) is 22.8 Å². The Balaban J connectivity index is 1.70. The van der Waals surface area contributed by atoms with Crippen LogP contribution < -0.4 is 0 Å². The summed E-state index contributed by atoms with van der Waals surface area (Å²) in [5.41, 5.74) is 0.635. The summed E-state index contributed by atoms with van der Waals surface area (Å²) in [4.78, 5) is 26.1. The Bertz CT molecular complexity index is 1020. The standard InChI is InChI=1S/C25H29ClO6/c1-6-13(2)9-14(3)7-8-16-10-17-18(12-30-16)19-20-23(28)31-15(4)11-25(20,29)32-24(19,5)22(27)21(17)26/h7-10,12-13,15,19-20,29H,6,11H2,1-5H3/b8-7+,14-9-/t13-,15-,19+,20-,24-,25+/m0/s1. The number of ether oxygens (including phenoxy) is 3. The second-order valence-corrected chi connectivity index (χ2v) is 9.76. The number of aliphatic hydroxyl groups is 1. The highest BCUT2D eigenvalue weighted by atomic mass is 35.5. The maximum atomic E-state index is 13.3. The van der Waals surface area contributed by atoms with Crippen LogP contribution in [0.1, 0.15) is 47.5 Å². The van der Waals surface area contributed by atoms with E-state index < -0.39 is 41.1 Å². The summed E-state index contributed by atoms with van der Waals surface area (Å²) in [7, 11) is 0. The maximum Gasteiger partial charge on any atom is 0.315 e. The highest BCUT2D eigenvalue weighted by Gasteiger charge is 2.70. The molecule has 6 nitrogen and oxygen atoms in total. The fourth-order valence-corrected chi connectivity index (χ4v) is 5.45. The largest absolute Gasteiger partial charge is 0.465 e. The van der Waals surface area contributed by atoms with Crippen LogP contribution in [0.4, 0.5) is 0 Å². The van der Waals surface area contributed by atoms with Crippen LogP contribution >= 0.6 is 11.6 Å². The third kappa shape index (κ3) is 3.58. The van der Waals surface area contributed by atoms with E-state index in [9.17, 15) is 14.7 Å². The van der Waals surface area contributed by atoms with Crippen molar-refractivity contribution in [2.75, 3.05) is 0 Å². The monoisotopic (exact) mass is 460 g/mol. The average Bonchev–Trinajstić information content (AvgIpc) is 2.98. The number of carbonyl (C=O) groups excluding carboxylic acids is 2. The van der Waals surface area contributed by atoms with Gasteiger partial charge in [0.05, 0.1) is 11.3 Å². The second kappa shape index (κ2) is 8.01. The topological polar surface area (TPSA) is 82.1 Å². The number of hydrogen-bond donors (Lipinski definition) is 1. The average molecular weight is 461 g/mol. The van der Waals surface area contributed by atoms with Gasteiger partial charge in [0.15, 0.2) is 5.79 Å². The van der Waals surface area contributed by atoms with Crippen molar-refractivity contribution in [3.63, 3.8) is 0 Å². The van der Waals surface area contributed by atoms with E-state index in [0.717, 1.165) is 12.0 Å². The summed E-state index contributed by atoms with van der Waals surface area (Å²) >= 11 is 6.50. The summed E-state index contributed by atoms with van der Waals surface area (Å²) in [6.07, 6.45) is 9.73. The van der Waals surface area contributed by atoms with Gasteiger partial charge in [0, 0.05) is 23.5 Å². The molecular weight excluding hydrogens is 432 g/mol. The van der Waals surface area contributed by atoms with Crippen LogP contribution in [-0.2, 0) is 23.8 Å². The molecule has 1 aliphatic carbocycles. The number of ketones is 1. The summed E-state index contributed by atoms with van der Waals surface area (Å²) in [6, 6.07) is 0. The first-order valence-electron chi connectivity index (χ1n) is 11.0. The number of allylic oxidation sites excluding steroid dienone is 6. The first kappa shape index (κ1) is 23.0. The van der Waals surface area contributed by atoms with Gasteiger partial charge in [0.25, 0.3) is 0 Å². The van der Waals surface area contributed by atoms with Gasteiger partial charge in [-0.15, -0.1) is 0 Å². The Labute approximate surface area is 193 Å². The van der Waals surface area contributed by atoms with Gasteiger partial charge in [-0.3, -0.25) is 9.59 Å². The quantitative estimate of drug-likeness (QED) is 0.493. The Morgan fingerprint density at radius 1 is 1.38 bits per heavy atom. The van der Waals surface area contributed by atoms with Gasteiger partial charge in [-0.1, -0.05) is 49.6 Å². The van der Waals surface area contributed by atoms with Crippen molar-refractivity contribution in [1.29, 1.82) is 0 Å². The molecule has 2 fully saturated rings. The number of hydrogen-bond acceptors (Lipinski definition) is 6. The third-order valence-corrected chi connectivity index (χ3v) is 7.17. The number of carbonyl (C=O) groups is 2. The molecule has 0 spiro atoms. The first-order valence-corrected chi connectivity index (χ1v) is 11.4. The van der Waals surface area contributed by atoms with Crippen molar-refractivity contribution in [3.8, 4) is 0 Å². The fraction of sp³-hybridized carbons (Fsp3) is 0.520. The number of halogens is 1. The van der Waals surface area contributed by atoms with Gasteiger partial charge in [0.2, 0.25) is 5.78 Å². The normalized spacial score (nSPS) is 37.8. The molecule has 7 heteroatoms. The number of Topliss-reactive ketones (excluding diaryl/α,β-unsaturated/α-hetero) is 1. The molecule has 0 aromatic rings. The van der Waals surface area contributed by atoms with Crippen LogP contribution in [-0.4, -0.2) is 34.4 Å². The van der Waals surface area contributed by atoms with Crippen molar-refractivity contribution in [1.82, 2.24) is 0 Å². The zero-order valence-corrected chi connectivity index (χ0v) is 19.7. The van der Waals surface area contributed by atoms with E-state index in [1.54, 1.807) is 19.9 Å². The Hall–Kier alpha value is -2.15. The molecule has 0 aromatic carbocycles. The van der Waals surface area contributed by atoms with Crippen LogP contribution in [0.5, 0.6) is 0 Å². The van der Waals surface area contributed by atoms with Crippen molar-refractivity contribution >= 4 is 23.4 Å². The number of fused-ring (bicyclic) bond motifs is 5. The van der Waals surface area contributed by atoms with E-state index in [4.69, 9.17) is 25.8 Å². The predicted molar refractivity (Wildman–Crippen MR) is 119 cm³/mol. The fourth-order valence-electron chi connectivity index (χ4n) is 5.10. The maximum absolute atomic E-state index is 13.3. The number of rotatable bonds is 4. The minimum atomic E-state index is -1.81. The molecule has 6 atom stereocenters. The molecule has 0 bridgehead atoms. The Morgan fingerprint density at radius 3 is 2.78 bits per heavy atom. The van der Waals surface area contributed by atoms with Gasteiger partial charge in [-0.05, 0) is 38.8 Å². The molecule has 0 radical (unpaired) electrons. The minimum absolute atomic E-state index is 0.000248. The molecule has 32 heavy (non-hydrogen) atoms. The Morgan fingerprint density at radius 2 is 2.09 bits per heavy atom. The SMILES string of the molecule is CC[C@H](C)/C=C(C)\C=C\C1=CC2=C(Cl)C(=O)[C@@]3(C)O[C@]4(O)C[C@H](C)OC(=O)[C@@H]4[C@H]3C2=CO1. The minimum Gasteiger partial charge on any atom is -0.465 e. The van der Waals surface area contributed by atoms with Gasteiger partial charge in [-0.2, -0.15) is 0 Å². The van der Waals surface area contributed by atoms with E-state index in [2.05, 4.69) is 19.9 Å².